The lowest BCUT2D eigenvalue weighted by molar-refractivity contribution is 0.00578. The summed E-state index contributed by atoms with van der Waals surface area (Å²) in [7, 11) is -0.423. The molecule has 2 heterocycles. The number of aliphatic hydroxyl groups is 1. The largest absolute Gasteiger partial charge is 0.494 e. The highest BCUT2D eigenvalue weighted by Crippen LogP contribution is 2.37. The highest BCUT2D eigenvalue weighted by atomic mass is 16.7. The lowest BCUT2D eigenvalue weighted by Crippen LogP contribution is -2.41. The van der Waals surface area contributed by atoms with Crippen LogP contribution < -0.4 is 5.46 Å². The molecule has 24 heavy (non-hydrogen) atoms. The van der Waals surface area contributed by atoms with Crippen molar-refractivity contribution >= 4 is 23.5 Å². The minimum atomic E-state index is -0.423. The van der Waals surface area contributed by atoms with Gasteiger partial charge in [-0.15, -0.1) is 0 Å². The van der Waals surface area contributed by atoms with Crippen LogP contribution in [0, 0.1) is 0 Å². The third-order valence-electron chi connectivity index (χ3n) is 5.33. The summed E-state index contributed by atoms with van der Waals surface area (Å²) < 4.78 is 14.6. The van der Waals surface area contributed by atoms with Gasteiger partial charge in [-0.05, 0) is 71.6 Å². The fourth-order valence-corrected chi connectivity index (χ4v) is 3.17. The maximum atomic E-state index is 9.83. The average Bonchev–Trinajstić information content (AvgIpc) is 2.96. The van der Waals surface area contributed by atoms with E-state index in [0.717, 1.165) is 21.9 Å². The number of hydrogen-bond donors (Lipinski definition) is 1. The third kappa shape index (κ3) is 2.69. The van der Waals surface area contributed by atoms with E-state index in [-0.39, 0.29) is 23.3 Å². The highest BCUT2D eigenvalue weighted by molar-refractivity contribution is 6.62. The van der Waals surface area contributed by atoms with Gasteiger partial charge in [-0.3, -0.25) is 0 Å². The number of aromatic nitrogens is 1. The molecule has 1 saturated heterocycles. The Kier molecular flexibility index (Phi) is 3.91. The number of fused-ring (bicyclic) bond motifs is 1. The van der Waals surface area contributed by atoms with E-state index < -0.39 is 7.12 Å². The van der Waals surface area contributed by atoms with Crippen LogP contribution in [0.5, 0.6) is 0 Å². The van der Waals surface area contributed by atoms with Gasteiger partial charge in [0.05, 0.1) is 17.8 Å². The second kappa shape index (κ2) is 5.35. The van der Waals surface area contributed by atoms with E-state index in [2.05, 4.69) is 71.4 Å². The summed E-state index contributed by atoms with van der Waals surface area (Å²) in [4.78, 5) is 0. The Balaban J connectivity index is 2.13. The van der Waals surface area contributed by atoms with Crippen molar-refractivity contribution in [3.05, 3.63) is 30.0 Å². The fraction of sp³-hybridized carbons (Fsp3) is 0.579. The molecule has 1 aliphatic rings. The van der Waals surface area contributed by atoms with Crippen LogP contribution in [0.3, 0.4) is 0 Å². The number of benzene rings is 1. The van der Waals surface area contributed by atoms with Crippen molar-refractivity contribution in [1.82, 2.24) is 4.57 Å². The van der Waals surface area contributed by atoms with E-state index in [4.69, 9.17) is 9.31 Å². The second-order valence-electron chi connectivity index (χ2n) is 8.72. The minimum Gasteiger partial charge on any atom is -0.399 e. The SMILES string of the molecule is CC(C)(C)n1ccc2c(CO)cc(B3OC(C)(C)C(C)(C)O3)cc21. The first kappa shape index (κ1) is 17.5. The van der Waals surface area contributed by atoms with Crippen LogP contribution >= 0.6 is 0 Å². The zero-order valence-electron chi connectivity index (χ0n) is 15.8. The second-order valence-corrected chi connectivity index (χ2v) is 8.72. The van der Waals surface area contributed by atoms with Gasteiger partial charge in [0.25, 0.3) is 0 Å². The van der Waals surface area contributed by atoms with E-state index in [9.17, 15) is 5.11 Å². The van der Waals surface area contributed by atoms with Gasteiger partial charge >= 0.3 is 7.12 Å². The van der Waals surface area contributed by atoms with E-state index >= 15 is 0 Å². The Morgan fingerprint density at radius 1 is 1.08 bits per heavy atom. The van der Waals surface area contributed by atoms with Gasteiger partial charge in [0, 0.05) is 22.6 Å². The Hall–Kier alpha value is -1.30. The van der Waals surface area contributed by atoms with Crippen LogP contribution in [0.2, 0.25) is 0 Å². The molecule has 1 aliphatic heterocycles. The lowest BCUT2D eigenvalue weighted by Gasteiger charge is -2.32. The summed E-state index contributed by atoms with van der Waals surface area (Å²) in [6.45, 7) is 14.7. The Morgan fingerprint density at radius 2 is 1.67 bits per heavy atom. The zero-order valence-corrected chi connectivity index (χ0v) is 15.8. The van der Waals surface area contributed by atoms with Gasteiger partial charge in [-0.2, -0.15) is 0 Å². The predicted molar refractivity (Wildman–Crippen MR) is 98.6 cm³/mol. The van der Waals surface area contributed by atoms with E-state index in [1.165, 1.54) is 0 Å². The molecule has 2 aromatic rings. The molecular formula is C19H28BNO3. The fourth-order valence-electron chi connectivity index (χ4n) is 3.17. The van der Waals surface area contributed by atoms with E-state index in [1.807, 2.05) is 6.07 Å². The summed E-state index contributed by atoms with van der Waals surface area (Å²) in [6.07, 6.45) is 2.08. The Labute approximate surface area is 144 Å². The monoisotopic (exact) mass is 329 g/mol. The molecule has 1 fully saturated rings. The van der Waals surface area contributed by atoms with Crippen LogP contribution in [-0.4, -0.2) is 28.0 Å². The quantitative estimate of drug-likeness (QED) is 0.861. The zero-order chi connectivity index (χ0) is 17.9. The van der Waals surface area contributed by atoms with Gasteiger partial charge in [0.2, 0.25) is 0 Å². The minimum absolute atomic E-state index is 0.00198. The van der Waals surface area contributed by atoms with Crippen LogP contribution in [0.4, 0.5) is 0 Å². The van der Waals surface area contributed by atoms with Gasteiger partial charge in [0.1, 0.15) is 0 Å². The number of rotatable bonds is 2. The predicted octanol–water partition coefficient (Wildman–Crippen LogP) is 3.19. The van der Waals surface area contributed by atoms with Crippen molar-refractivity contribution in [3.63, 3.8) is 0 Å². The first-order chi connectivity index (χ1) is 11.0. The molecule has 0 unspecified atom stereocenters. The smallest absolute Gasteiger partial charge is 0.399 e. The normalized spacial score (nSPS) is 20.1. The Morgan fingerprint density at radius 3 is 2.17 bits per heavy atom. The molecule has 0 bridgehead atoms. The number of nitrogens with zero attached hydrogens (tertiary/aromatic N) is 1. The maximum absolute atomic E-state index is 9.83. The standard InChI is InChI=1S/C19H28BNO3/c1-17(2,3)21-9-8-15-13(12-22)10-14(11-16(15)21)20-23-18(4,5)19(6,7)24-20/h8-11,22H,12H2,1-7H3. The molecule has 0 amide bonds. The van der Waals surface area contributed by atoms with E-state index in [1.54, 1.807) is 0 Å². The summed E-state index contributed by atoms with van der Waals surface area (Å²) in [5, 5.41) is 10.9. The molecule has 0 atom stereocenters. The molecular weight excluding hydrogens is 301 g/mol. The number of aliphatic hydroxyl groups excluding tert-OH is 1. The first-order valence-corrected chi connectivity index (χ1v) is 8.57. The molecule has 3 rings (SSSR count). The number of hydrogen-bond acceptors (Lipinski definition) is 3. The Bertz CT molecular complexity index is 755. The molecule has 130 valence electrons. The first-order valence-electron chi connectivity index (χ1n) is 8.57. The third-order valence-corrected chi connectivity index (χ3v) is 5.33. The molecule has 1 aromatic carbocycles. The average molecular weight is 329 g/mol. The lowest BCUT2D eigenvalue weighted by atomic mass is 9.77. The van der Waals surface area contributed by atoms with Gasteiger partial charge in [0.15, 0.2) is 0 Å². The van der Waals surface area contributed by atoms with E-state index in [0.29, 0.717) is 0 Å². The molecule has 1 N–H and O–H groups in total. The topological polar surface area (TPSA) is 43.6 Å². The summed E-state index contributed by atoms with van der Waals surface area (Å²) in [5.74, 6) is 0. The van der Waals surface area contributed by atoms with Crippen molar-refractivity contribution in [2.24, 2.45) is 0 Å². The molecule has 0 spiro atoms. The molecule has 0 radical (unpaired) electrons. The molecule has 0 saturated carbocycles. The van der Waals surface area contributed by atoms with Crippen molar-refractivity contribution in [2.75, 3.05) is 0 Å². The van der Waals surface area contributed by atoms with Crippen LogP contribution in [0.1, 0.15) is 54.0 Å². The van der Waals surface area contributed by atoms with Crippen LogP contribution in [0.15, 0.2) is 24.4 Å². The van der Waals surface area contributed by atoms with Crippen molar-refractivity contribution < 1.29 is 14.4 Å². The van der Waals surface area contributed by atoms with Crippen molar-refractivity contribution in [1.29, 1.82) is 0 Å². The summed E-state index contributed by atoms with van der Waals surface area (Å²) in [6, 6.07) is 6.19. The van der Waals surface area contributed by atoms with Crippen LogP contribution in [-0.2, 0) is 21.5 Å². The highest BCUT2D eigenvalue weighted by Gasteiger charge is 2.51. The van der Waals surface area contributed by atoms with Crippen LogP contribution in [0.25, 0.3) is 10.9 Å². The van der Waals surface area contributed by atoms with Gasteiger partial charge < -0.3 is 19.0 Å². The van der Waals surface area contributed by atoms with Gasteiger partial charge in [-0.1, -0.05) is 6.07 Å². The maximum Gasteiger partial charge on any atom is 0.494 e. The molecule has 1 aromatic heterocycles. The molecule has 0 aliphatic carbocycles. The van der Waals surface area contributed by atoms with Crippen molar-refractivity contribution in [2.45, 2.75) is 71.8 Å². The summed E-state index contributed by atoms with van der Waals surface area (Å²) in [5.41, 5.74) is 2.16. The molecule has 4 nitrogen and oxygen atoms in total. The van der Waals surface area contributed by atoms with Gasteiger partial charge in [-0.25, -0.2) is 0 Å². The van der Waals surface area contributed by atoms with Crippen molar-refractivity contribution in [3.8, 4) is 0 Å². The summed E-state index contributed by atoms with van der Waals surface area (Å²) >= 11 is 0. The molecule has 5 heteroatoms.